The van der Waals surface area contributed by atoms with E-state index in [1.165, 1.54) is 5.69 Å². The number of nitrogens with two attached hydrogens (primary N) is 1. The van der Waals surface area contributed by atoms with Crippen LogP contribution in [0.3, 0.4) is 0 Å². The minimum absolute atomic E-state index is 0.466. The first-order valence-corrected chi connectivity index (χ1v) is 5.08. The largest absolute Gasteiger partial charge is 0.389 e. The van der Waals surface area contributed by atoms with Gasteiger partial charge in [0, 0.05) is 24.8 Å². The summed E-state index contributed by atoms with van der Waals surface area (Å²) in [5.74, 6) is 0. The van der Waals surface area contributed by atoms with Gasteiger partial charge in [-0.05, 0) is 37.6 Å². The molecular formula is C11H16N2S. The van der Waals surface area contributed by atoms with E-state index in [1.807, 2.05) is 19.1 Å². The Bertz CT molecular complexity index is 347. The van der Waals surface area contributed by atoms with E-state index in [2.05, 4.69) is 24.9 Å². The fraction of sp³-hybridized carbons (Fsp3) is 0.364. The van der Waals surface area contributed by atoms with Crippen molar-refractivity contribution in [3.8, 4) is 0 Å². The second kappa shape index (κ2) is 4.42. The molecule has 0 bridgehead atoms. The van der Waals surface area contributed by atoms with Gasteiger partial charge in [0.05, 0.1) is 0 Å². The molecule has 14 heavy (non-hydrogen) atoms. The molecule has 0 saturated heterocycles. The zero-order valence-corrected chi connectivity index (χ0v) is 9.69. The van der Waals surface area contributed by atoms with Gasteiger partial charge in [-0.3, -0.25) is 0 Å². The predicted octanol–water partition coefficient (Wildman–Crippen LogP) is 2.09. The van der Waals surface area contributed by atoms with Gasteiger partial charge >= 0.3 is 0 Å². The first kappa shape index (κ1) is 11.0. The average molecular weight is 208 g/mol. The molecule has 0 unspecified atom stereocenters. The van der Waals surface area contributed by atoms with Crippen molar-refractivity contribution in [2.24, 2.45) is 5.73 Å². The SMILES string of the molecule is CCN(C)c1ccc(C(N)=S)c(C)c1. The Morgan fingerprint density at radius 2 is 2.14 bits per heavy atom. The number of thiocarbonyl (C=S) groups is 1. The number of aryl methyl sites for hydroxylation is 1. The first-order valence-electron chi connectivity index (χ1n) is 4.67. The smallest absolute Gasteiger partial charge is 0.104 e. The molecule has 0 aromatic heterocycles. The van der Waals surface area contributed by atoms with Gasteiger partial charge in [-0.15, -0.1) is 0 Å². The van der Waals surface area contributed by atoms with Crippen LogP contribution in [0.25, 0.3) is 0 Å². The molecule has 2 nitrogen and oxygen atoms in total. The fourth-order valence-corrected chi connectivity index (χ4v) is 1.57. The summed E-state index contributed by atoms with van der Waals surface area (Å²) >= 11 is 4.95. The molecule has 76 valence electrons. The van der Waals surface area contributed by atoms with Gasteiger partial charge in [0.25, 0.3) is 0 Å². The molecule has 0 heterocycles. The van der Waals surface area contributed by atoms with E-state index in [1.54, 1.807) is 0 Å². The summed E-state index contributed by atoms with van der Waals surface area (Å²) in [5, 5.41) is 0. The van der Waals surface area contributed by atoms with Crippen LogP contribution >= 0.6 is 12.2 Å². The van der Waals surface area contributed by atoms with Gasteiger partial charge in [0.15, 0.2) is 0 Å². The molecule has 0 aliphatic rings. The molecule has 0 spiro atoms. The summed E-state index contributed by atoms with van der Waals surface area (Å²) < 4.78 is 0. The molecular weight excluding hydrogens is 192 g/mol. The van der Waals surface area contributed by atoms with E-state index in [4.69, 9.17) is 18.0 Å². The molecule has 0 aliphatic heterocycles. The minimum Gasteiger partial charge on any atom is -0.389 e. The number of nitrogens with zero attached hydrogens (tertiary/aromatic N) is 1. The minimum atomic E-state index is 0.466. The normalized spacial score (nSPS) is 9.93. The van der Waals surface area contributed by atoms with E-state index in [0.717, 1.165) is 17.7 Å². The van der Waals surface area contributed by atoms with Crippen molar-refractivity contribution in [2.45, 2.75) is 13.8 Å². The Hall–Kier alpha value is -1.09. The lowest BCUT2D eigenvalue weighted by Crippen LogP contribution is -2.17. The maximum absolute atomic E-state index is 5.59. The molecule has 0 radical (unpaired) electrons. The molecule has 1 rings (SSSR count). The second-order valence-electron chi connectivity index (χ2n) is 3.38. The summed E-state index contributed by atoms with van der Waals surface area (Å²) in [7, 11) is 2.06. The zero-order chi connectivity index (χ0) is 10.7. The molecule has 1 aromatic carbocycles. The molecule has 1 aromatic rings. The van der Waals surface area contributed by atoms with Crippen LogP contribution in [0.15, 0.2) is 18.2 Å². The Balaban J connectivity index is 3.06. The maximum Gasteiger partial charge on any atom is 0.104 e. The average Bonchev–Trinajstić information content (AvgIpc) is 2.15. The number of anilines is 1. The van der Waals surface area contributed by atoms with Crippen molar-refractivity contribution in [3.63, 3.8) is 0 Å². The summed E-state index contributed by atoms with van der Waals surface area (Å²) in [6.45, 7) is 5.14. The van der Waals surface area contributed by atoms with E-state index in [-0.39, 0.29) is 0 Å². The van der Waals surface area contributed by atoms with Gasteiger partial charge in [-0.1, -0.05) is 12.2 Å². The lowest BCUT2D eigenvalue weighted by Gasteiger charge is -2.18. The van der Waals surface area contributed by atoms with Gasteiger partial charge in [-0.25, -0.2) is 0 Å². The van der Waals surface area contributed by atoms with Crippen LogP contribution < -0.4 is 10.6 Å². The molecule has 0 atom stereocenters. The number of hydrogen-bond donors (Lipinski definition) is 1. The Morgan fingerprint density at radius 3 is 2.57 bits per heavy atom. The van der Waals surface area contributed by atoms with Crippen LogP contribution in [-0.2, 0) is 0 Å². The van der Waals surface area contributed by atoms with Gasteiger partial charge in [0.1, 0.15) is 4.99 Å². The second-order valence-corrected chi connectivity index (χ2v) is 3.82. The molecule has 0 aliphatic carbocycles. The lowest BCUT2D eigenvalue weighted by molar-refractivity contribution is 0.967. The van der Waals surface area contributed by atoms with Crippen molar-refractivity contribution in [3.05, 3.63) is 29.3 Å². The van der Waals surface area contributed by atoms with Gasteiger partial charge in [0.2, 0.25) is 0 Å². The molecule has 0 fully saturated rings. The summed E-state index contributed by atoms with van der Waals surface area (Å²) in [6.07, 6.45) is 0. The first-order chi connectivity index (χ1) is 6.56. The quantitative estimate of drug-likeness (QED) is 0.771. The third-order valence-electron chi connectivity index (χ3n) is 2.39. The topological polar surface area (TPSA) is 29.3 Å². The summed E-state index contributed by atoms with van der Waals surface area (Å²) in [6, 6.07) is 6.14. The number of rotatable bonds is 3. The highest BCUT2D eigenvalue weighted by Crippen LogP contribution is 2.17. The fourth-order valence-electron chi connectivity index (χ4n) is 1.34. The number of benzene rings is 1. The summed E-state index contributed by atoms with van der Waals surface area (Å²) in [5.41, 5.74) is 8.89. The van der Waals surface area contributed by atoms with Crippen molar-refractivity contribution in [1.29, 1.82) is 0 Å². The maximum atomic E-state index is 5.59. The summed E-state index contributed by atoms with van der Waals surface area (Å²) in [4.78, 5) is 2.64. The predicted molar refractivity (Wildman–Crippen MR) is 66.0 cm³/mol. The molecule has 0 saturated carbocycles. The Kier molecular flexibility index (Phi) is 3.47. The van der Waals surface area contributed by atoms with E-state index in [9.17, 15) is 0 Å². The lowest BCUT2D eigenvalue weighted by atomic mass is 10.1. The van der Waals surface area contributed by atoms with Gasteiger partial charge < -0.3 is 10.6 Å². The van der Waals surface area contributed by atoms with Crippen LogP contribution in [0.2, 0.25) is 0 Å². The van der Waals surface area contributed by atoms with E-state index >= 15 is 0 Å². The van der Waals surface area contributed by atoms with Crippen molar-refractivity contribution < 1.29 is 0 Å². The van der Waals surface area contributed by atoms with E-state index in [0.29, 0.717) is 4.99 Å². The third-order valence-corrected chi connectivity index (χ3v) is 2.61. The zero-order valence-electron chi connectivity index (χ0n) is 8.87. The molecule has 2 N–H and O–H groups in total. The van der Waals surface area contributed by atoms with Crippen molar-refractivity contribution in [1.82, 2.24) is 0 Å². The molecule has 3 heteroatoms. The van der Waals surface area contributed by atoms with Crippen molar-refractivity contribution in [2.75, 3.05) is 18.5 Å². The monoisotopic (exact) mass is 208 g/mol. The van der Waals surface area contributed by atoms with Crippen molar-refractivity contribution >= 4 is 22.9 Å². The Labute approximate surface area is 90.7 Å². The van der Waals surface area contributed by atoms with Crippen LogP contribution in [0.4, 0.5) is 5.69 Å². The molecule has 0 amide bonds. The Morgan fingerprint density at radius 1 is 1.50 bits per heavy atom. The van der Waals surface area contributed by atoms with Crippen LogP contribution in [0.5, 0.6) is 0 Å². The van der Waals surface area contributed by atoms with Crippen LogP contribution in [0, 0.1) is 6.92 Å². The highest BCUT2D eigenvalue weighted by molar-refractivity contribution is 7.80. The highest BCUT2D eigenvalue weighted by Gasteiger charge is 2.04. The number of hydrogen-bond acceptors (Lipinski definition) is 2. The highest BCUT2D eigenvalue weighted by atomic mass is 32.1. The third kappa shape index (κ3) is 2.23. The van der Waals surface area contributed by atoms with Gasteiger partial charge in [-0.2, -0.15) is 0 Å². The standard InChI is InChI=1S/C11H16N2S/c1-4-13(3)9-5-6-10(11(12)14)8(2)7-9/h5-7H,4H2,1-3H3,(H2,12,14). The van der Waals surface area contributed by atoms with Crippen LogP contribution in [0.1, 0.15) is 18.1 Å². The van der Waals surface area contributed by atoms with E-state index < -0.39 is 0 Å². The van der Waals surface area contributed by atoms with Crippen LogP contribution in [-0.4, -0.2) is 18.6 Å².